The van der Waals surface area contributed by atoms with Crippen molar-refractivity contribution in [2.24, 2.45) is 16.5 Å². The minimum atomic E-state index is -0.687. The first-order valence-corrected chi connectivity index (χ1v) is 4.88. The van der Waals surface area contributed by atoms with Gasteiger partial charge in [0.25, 0.3) is 0 Å². The first-order valence-electron chi connectivity index (χ1n) is 4.09. The molecule has 0 radical (unpaired) electrons. The van der Waals surface area contributed by atoms with Crippen molar-refractivity contribution in [3.8, 4) is 0 Å². The summed E-state index contributed by atoms with van der Waals surface area (Å²) in [7, 11) is 0. The SMILES string of the molecule is NC(N)=NC[C@H](O)c1ccccc1Br. The molecule has 14 heavy (non-hydrogen) atoms. The number of benzene rings is 1. The Morgan fingerprint density at radius 2 is 2.07 bits per heavy atom. The molecule has 0 amide bonds. The molecule has 0 fully saturated rings. The first kappa shape index (κ1) is 11.0. The van der Waals surface area contributed by atoms with Gasteiger partial charge < -0.3 is 16.6 Å². The van der Waals surface area contributed by atoms with Crippen LogP contribution in [0.5, 0.6) is 0 Å². The normalized spacial score (nSPS) is 12.1. The largest absolute Gasteiger partial charge is 0.386 e. The number of nitrogens with two attached hydrogens (primary N) is 2. The van der Waals surface area contributed by atoms with Crippen molar-refractivity contribution >= 4 is 21.9 Å². The Labute approximate surface area is 90.8 Å². The van der Waals surface area contributed by atoms with E-state index in [9.17, 15) is 5.11 Å². The Kier molecular flexibility index (Phi) is 3.91. The number of rotatable bonds is 3. The fraction of sp³-hybridized carbons (Fsp3) is 0.222. The maximum absolute atomic E-state index is 9.70. The van der Waals surface area contributed by atoms with Gasteiger partial charge in [0.15, 0.2) is 5.96 Å². The quantitative estimate of drug-likeness (QED) is 0.552. The van der Waals surface area contributed by atoms with Gasteiger partial charge in [0, 0.05) is 4.47 Å². The lowest BCUT2D eigenvalue weighted by Crippen LogP contribution is -2.23. The van der Waals surface area contributed by atoms with Gasteiger partial charge in [0.2, 0.25) is 0 Å². The number of hydrogen-bond acceptors (Lipinski definition) is 2. The highest BCUT2D eigenvalue weighted by molar-refractivity contribution is 9.10. The molecule has 5 N–H and O–H groups in total. The molecule has 1 aromatic carbocycles. The molecule has 5 heteroatoms. The van der Waals surface area contributed by atoms with E-state index in [2.05, 4.69) is 20.9 Å². The van der Waals surface area contributed by atoms with E-state index in [1.54, 1.807) is 0 Å². The number of nitrogens with zero attached hydrogens (tertiary/aromatic N) is 1. The average molecular weight is 258 g/mol. The molecule has 0 unspecified atom stereocenters. The van der Waals surface area contributed by atoms with Gasteiger partial charge in [0.05, 0.1) is 12.6 Å². The summed E-state index contributed by atoms with van der Waals surface area (Å²) in [6.07, 6.45) is -0.687. The molecule has 0 heterocycles. The van der Waals surface area contributed by atoms with Crippen LogP contribution in [0.3, 0.4) is 0 Å². The van der Waals surface area contributed by atoms with E-state index in [-0.39, 0.29) is 12.5 Å². The summed E-state index contributed by atoms with van der Waals surface area (Å²) in [5, 5.41) is 9.70. The van der Waals surface area contributed by atoms with Gasteiger partial charge in [-0.25, -0.2) is 0 Å². The monoisotopic (exact) mass is 257 g/mol. The van der Waals surface area contributed by atoms with Gasteiger partial charge in [-0.15, -0.1) is 0 Å². The molecule has 0 spiro atoms. The van der Waals surface area contributed by atoms with E-state index in [4.69, 9.17) is 11.5 Å². The van der Waals surface area contributed by atoms with Crippen LogP contribution in [0, 0.1) is 0 Å². The Morgan fingerprint density at radius 3 is 2.64 bits per heavy atom. The van der Waals surface area contributed by atoms with Crippen LogP contribution in [-0.2, 0) is 0 Å². The van der Waals surface area contributed by atoms with Crippen LogP contribution in [0.15, 0.2) is 33.7 Å². The molecule has 1 aromatic rings. The highest BCUT2D eigenvalue weighted by atomic mass is 79.9. The molecule has 0 bridgehead atoms. The zero-order chi connectivity index (χ0) is 10.6. The molecule has 1 rings (SSSR count). The van der Waals surface area contributed by atoms with Crippen molar-refractivity contribution in [2.75, 3.05) is 6.54 Å². The number of hydrogen-bond donors (Lipinski definition) is 3. The molecular formula is C9H12BrN3O. The summed E-state index contributed by atoms with van der Waals surface area (Å²) >= 11 is 3.33. The molecule has 0 aromatic heterocycles. The van der Waals surface area contributed by atoms with Crippen LogP contribution in [-0.4, -0.2) is 17.6 Å². The summed E-state index contributed by atoms with van der Waals surface area (Å²) in [6, 6.07) is 7.39. The van der Waals surface area contributed by atoms with Gasteiger partial charge in [-0.05, 0) is 11.6 Å². The Morgan fingerprint density at radius 1 is 1.43 bits per heavy atom. The Bertz CT molecular complexity index is 337. The molecule has 0 aliphatic heterocycles. The number of halogens is 1. The summed E-state index contributed by atoms with van der Waals surface area (Å²) in [5.41, 5.74) is 11.1. The molecule has 0 saturated heterocycles. The average Bonchev–Trinajstić information content (AvgIpc) is 2.15. The third kappa shape index (κ3) is 3.01. The van der Waals surface area contributed by atoms with Crippen molar-refractivity contribution in [1.29, 1.82) is 0 Å². The second-order valence-electron chi connectivity index (χ2n) is 2.80. The van der Waals surface area contributed by atoms with Crippen molar-refractivity contribution in [1.82, 2.24) is 0 Å². The van der Waals surface area contributed by atoms with Crippen LogP contribution in [0.4, 0.5) is 0 Å². The van der Waals surface area contributed by atoms with Crippen molar-refractivity contribution < 1.29 is 5.11 Å². The number of aliphatic hydroxyl groups excluding tert-OH is 1. The Balaban J connectivity index is 2.74. The lowest BCUT2D eigenvalue weighted by atomic mass is 10.1. The first-order chi connectivity index (χ1) is 6.61. The molecule has 0 saturated carbocycles. The third-order valence-electron chi connectivity index (χ3n) is 1.71. The van der Waals surface area contributed by atoms with Crippen molar-refractivity contribution in [2.45, 2.75) is 6.10 Å². The smallest absolute Gasteiger partial charge is 0.186 e. The highest BCUT2D eigenvalue weighted by Gasteiger charge is 2.09. The van der Waals surface area contributed by atoms with Crippen molar-refractivity contribution in [3.05, 3.63) is 34.3 Å². The van der Waals surface area contributed by atoms with E-state index in [0.717, 1.165) is 10.0 Å². The van der Waals surface area contributed by atoms with E-state index in [0.29, 0.717) is 0 Å². The fourth-order valence-electron chi connectivity index (χ4n) is 1.04. The van der Waals surface area contributed by atoms with Gasteiger partial charge >= 0.3 is 0 Å². The zero-order valence-corrected chi connectivity index (χ0v) is 9.11. The van der Waals surface area contributed by atoms with Crippen LogP contribution in [0.25, 0.3) is 0 Å². The Hall–Kier alpha value is -1.07. The summed E-state index contributed by atoms with van der Waals surface area (Å²) in [5.74, 6) is -0.0175. The maximum Gasteiger partial charge on any atom is 0.186 e. The van der Waals surface area contributed by atoms with Gasteiger partial charge in [-0.1, -0.05) is 34.1 Å². The van der Waals surface area contributed by atoms with E-state index < -0.39 is 6.10 Å². The second kappa shape index (κ2) is 4.97. The number of aliphatic imine (C=N–C) groups is 1. The van der Waals surface area contributed by atoms with E-state index >= 15 is 0 Å². The molecule has 76 valence electrons. The third-order valence-corrected chi connectivity index (χ3v) is 2.43. The molecule has 0 aliphatic carbocycles. The van der Waals surface area contributed by atoms with E-state index in [1.807, 2.05) is 24.3 Å². The predicted octanol–water partition coefficient (Wildman–Crippen LogP) is 0.756. The standard InChI is InChI=1S/C9H12BrN3O/c10-7-4-2-1-3-6(7)8(14)5-13-9(11)12/h1-4,8,14H,5H2,(H4,11,12,13)/t8-/m0/s1. The highest BCUT2D eigenvalue weighted by Crippen LogP contribution is 2.22. The van der Waals surface area contributed by atoms with Crippen LogP contribution in [0.1, 0.15) is 11.7 Å². The maximum atomic E-state index is 9.70. The number of aliphatic hydroxyl groups is 1. The zero-order valence-electron chi connectivity index (χ0n) is 7.52. The van der Waals surface area contributed by atoms with Gasteiger partial charge in [-0.3, -0.25) is 4.99 Å². The number of guanidine groups is 1. The van der Waals surface area contributed by atoms with Gasteiger partial charge in [-0.2, -0.15) is 0 Å². The van der Waals surface area contributed by atoms with Crippen LogP contribution in [0.2, 0.25) is 0 Å². The lowest BCUT2D eigenvalue weighted by Gasteiger charge is -2.09. The van der Waals surface area contributed by atoms with Crippen LogP contribution >= 0.6 is 15.9 Å². The fourth-order valence-corrected chi connectivity index (χ4v) is 1.58. The predicted molar refractivity (Wildman–Crippen MR) is 59.8 cm³/mol. The van der Waals surface area contributed by atoms with Crippen LogP contribution < -0.4 is 11.5 Å². The molecule has 0 aliphatic rings. The molecule has 1 atom stereocenters. The minimum Gasteiger partial charge on any atom is -0.386 e. The molecule has 4 nitrogen and oxygen atoms in total. The van der Waals surface area contributed by atoms with Crippen molar-refractivity contribution in [3.63, 3.8) is 0 Å². The summed E-state index contributed by atoms with van der Waals surface area (Å²) < 4.78 is 0.846. The van der Waals surface area contributed by atoms with E-state index in [1.165, 1.54) is 0 Å². The minimum absolute atomic E-state index is 0.0175. The van der Waals surface area contributed by atoms with Gasteiger partial charge in [0.1, 0.15) is 0 Å². The summed E-state index contributed by atoms with van der Waals surface area (Å²) in [6.45, 7) is 0.172. The topological polar surface area (TPSA) is 84.6 Å². The second-order valence-corrected chi connectivity index (χ2v) is 3.66. The molecular weight excluding hydrogens is 246 g/mol. The summed E-state index contributed by atoms with van der Waals surface area (Å²) in [4.78, 5) is 3.74. The lowest BCUT2D eigenvalue weighted by molar-refractivity contribution is 0.186.